The first-order chi connectivity index (χ1) is 8.40. The molecule has 1 rings (SSSR count). The third kappa shape index (κ3) is 4.67. The molecule has 0 aliphatic heterocycles. The van der Waals surface area contributed by atoms with Crippen molar-refractivity contribution < 1.29 is 14.3 Å². The Kier molecular flexibility index (Phi) is 5.63. The van der Waals surface area contributed by atoms with Crippen LogP contribution in [0.4, 0.5) is 0 Å². The molecule has 1 amide bonds. The van der Waals surface area contributed by atoms with Gasteiger partial charge in [0.1, 0.15) is 6.10 Å². The zero-order chi connectivity index (χ0) is 13.7. The molecule has 1 fully saturated rings. The molecule has 0 aromatic rings. The normalized spacial score (nSPS) is 28.1. The minimum Gasteiger partial charge on any atom is -0.462 e. The SMILES string of the molecule is CC(C)[C@@H]1CC[C@@H](C)CC1OC(=O)CCC(N)=O. The summed E-state index contributed by atoms with van der Waals surface area (Å²) in [4.78, 5) is 22.3. The molecule has 104 valence electrons. The highest BCUT2D eigenvalue weighted by Crippen LogP contribution is 2.35. The molecule has 1 aliphatic rings. The summed E-state index contributed by atoms with van der Waals surface area (Å²) in [6, 6.07) is 0. The average Bonchev–Trinajstić information content (AvgIpc) is 2.26. The van der Waals surface area contributed by atoms with Crippen molar-refractivity contribution in [3.05, 3.63) is 0 Å². The highest BCUT2D eigenvalue weighted by atomic mass is 16.5. The van der Waals surface area contributed by atoms with Crippen LogP contribution in [0.1, 0.15) is 52.9 Å². The van der Waals surface area contributed by atoms with Crippen LogP contribution in [0.3, 0.4) is 0 Å². The predicted octanol–water partition coefficient (Wildman–Crippen LogP) is 2.26. The second kappa shape index (κ2) is 6.76. The number of ether oxygens (including phenoxy) is 1. The highest BCUT2D eigenvalue weighted by molar-refractivity contribution is 5.80. The molecule has 2 N–H and O–H groups in total. The molecule has 0 heterocycles. The summed E-state index contributed by atoms with van der Waals surface area (Å²) in [7, 11) is 0. The lowest BCUT2D eigenvalue weighted by molar-refractivity contribution is -0.156. The molecule has 4 nitrogen and oxygen atoms in total. The summed E-state index contributed by atoms with van der Waals surface area (Å²) in [5.41, 5.74) is 5.02. The number of carbonyl (C=O) groups is 2. The molecule has 1 aliphatic carbocycles. The summed E-state index contributed by atoms with van der Waals surface area (Å²) >= 11 is 0. The Morgan fingerprint density at radius 1 is 1.28 bits per heavy atom. The molecule has 0 saturated heterocycles. The number of carbonyl (C=O) groups excluding carboxylic acids is 2. The van der Waals surface area contributed by atoms with E-state index in [1.165, 1.54) is 6.42 Å². The van der Waals surface area contributed by atoms with Gasteiger partial charge in [-0.05, 0) is 30.6 Å². The molecule has 3 atom stereocenters. The fraction of sp³-hybridized carbons (Fsp3) is 0.857. The van der Waals surface area contributed by atoms with Crippen molar-refractivity contribution in [2.45, 2.75) is 59.0 Å². The van der Waals surface area contributed by atoms with Gasteiger partial charge in [-0.3, -0.25) is 9.59 Å². The first-order valence-corrected chi connectivity index (χ1v) is 6.88. The molecule has 0 spiro atoms. The Bertz CT molecular complexity index is 301. The van der Waals surface area contributed by atoms with Gasteiger partial charge in [-0.15, -0.1) is 0 Å². The summed E-state index contributed by atoms with van der Waals surface area (Å²) < 4.78 is 5.54. The number of hydrogen-bond acceptors (Lipinski definition) is 3. The van der Waals surface area contributed by atoms with Gasteiger partial charge >= 0.3 is 5.97 Å². The second-order valence-corrected chi connectivity index (χ2v) is 5.82. The molecule has 0 radical (unpaired) electrons. The van der Waals surface area contributed by atoms with E-state index < -0.39 is 5.91 Å². The lowest BCUT2D eigenvalue weighted by Gasteiger charge is -2.36. The van der Waals surface area contributed by atoms with Crippen molar-refractivity contribution in [1.29, 1.82) is 0 Å². The van der Waals surface area contributed by atoms with E-state index in [9.17, 15) is 9.59 Å². The maximum absolute atomic E-state index is 11.7. The number of esters is 1. The minimum atomic E-state index is -0.454. The van der Waals surface area contributed by atoms with Gasteiger partial charge in [0.15, 0.2) is 0 Å². The largest absolute Gasteiger partial charge is 0.462 e. The lowest BCUT2D eigenvalue weighted by Crippen LogP contribution is -2.36. The second-order valence-electron chi connectivity index (χ2n) is 5.82. The minimum absolute atomic E-state index is 0.00845. The van der Waals surface area contributed by atoms with Crippen LogP contribution in [0, 0.1) is 17.8 Å². The number of nitrogens with two attached hydrogens (primary N) is 1. The fourth-order valence-corrected chi connectivity index (χ4v) is 2.70. The van der Waals surface area contributed by atoms with Crippen LogP contribution in [0.25, 0.3) is 0 Å². The molecule has 4 heteroatoms. The molecule has 0 aromatic heterocycles. The number of primary amides is 1. The average molecular weight is 255 g/mol. The Balaban J connectivity index is 2.49. The van der Waals surface area contributed by atoms with E-state index in [0.29, 0.717) is 17.8 Å². The van der Waals surface area contributed by atoms with Crippen molar-refractivity contribution in [3.8, 4) is 0 Å². The standard InChI is InChI=1S/C14H25NO3/c1-9(2)11-5-4-10(3)8-12(11)18-14(17)7-6-13(15)16/h9-12H,4-8H2,1-3H3,(H2,15,16)/t10-,11+,12?/m1/s1. The van der Waals surface area contributed by atoms with E-state index in [4.69, 9.17) is 10.5 Å². The Morgan fingerprint density at radius 3 is 2.50 bits per heavy atom. The molecule has 1 saturated carbocycles. The van der Waals surface area contributed by atoms with Crippen LogP contribution in [0.2, 0.25) is 0 Å². The van der Waals surface area contributed by atoms with E-state index in [0.717, 1.165) is 12.8 Å². The third-order valence-electron chi connectivity index (χ3n) is 3.82. The fourth-order valence-electron chi connectivity index (χ4n) is 2.70. The van der Waals surface area contributed by atoms with Crippen molar-refractivity contribution in [3.63, 3.8) is 0 Å². The van der Waals surface area contributed by atoms with Crippen LogP contribution >= 0.6 is 0 Å². The van der Waals surface area contributed by atoms with E-state index in [1.54, 1.807) is 0 Å². The monoisotopic (exact) mass is 255 g/mol. The maximum atomic E-state index is 11.7. The smallest absolute Gasteiger partial charge is 0.306 e. The Morgan fingerprint density at radius 2 is 1.94 bits per heavy atom. The van der Waals surface area contributed by atoms with Gasteiger partial charge in [0, 0.05) is 6.42 Å². The summed E-state index contributed by atoms with van der Waals surface area (Å²) in [6.45, 7) is 6.54. The number of hydrogen-bond donors (Lipinski definition) is 1. The van der Waals surface area contributed by atoms with Crippen LogP contribution in [0.5, 0.6) is 0 Å². The highest BCUT2D eigenvalue weighted by Gasteiger charge is 2.33. The van der Waals surface area contributed by atoms with Crippen LogP contribution < -0.4 is 5.73 Å². The molecule has 0 aromatic carbocycles. The Labute approximate surface area is 109 Å². The van der Waals surface area contributed by atoms with Crippen molar-refractivity contribution >= 4 is 11.9 Å². The summed E-state index contributed by atoms with van der Waals surface area (Å²) in [6.07, 6.45) is 3.45. The van der Waals surface area contributed by atoms with Gasteiger partial charge < -0.3 is 10.5 Å². The van der Waals surface area contributed by atoms with E-state index in [2.05, 4.69) is 20.8 Å². The molecule has 18 heavy (non-hydrogen) atoms. The predicted molar refractivity (Wildman–Crippen MR) is 69.7 cm³/mol. The van der Waals surface area contributed by atoms with Gasteiger partial charge in [-0.2, -0.15) is 0 Å². The van der Waals surface area contributed by atoms with Crippen LogP contribution in [0.15, 0.2) is 0 Å². The van der Waals surface area contributed by atoms with Gasteiger partial charge in [0.2, 0.25) is 5.91 Å². The van der Waals surface area contributed by atoms with Gasteiger partial charge in [0.25, 0.3) is 0 Å². The number of rotatable bonds is 5. The van der Waals surface area contributed by atoms with Crippen molar-refractivity contribution in [1.82, 2.24) is 0 Å². The molecular weight excluding hydrogens is 230 g/mol. The third-order valence-corrected chi connectivity index (χ3v) is 3.82. The first kappa shape index (κ1) is 15.0. The molecule has 1 unspecified atom stereocenters. The van der Waals surface area contributed by atoms with Crippen molar-refractivity contribution in [2.75, 3.05) is 0 Å². The van der Waals surface area contributed by atoms with Crippen LogP contribution in [-0.2, 0) is 14.3 Å². The van der Waals surface area contributed by atoms with Crippen LogP contribution in [-0.4, -0.2) is 18.0 Å². The summed E-state index contributed by atoms with van der Waals surface area (Å²) in [5.74, 6) is 0.821. The van der Waals surface area contributed by atoms with E-state index >= 15 is 0 Å². The topological polar surface area (TPSA) is 69.4 Å². The van der Waals surface area contributed by atoms with Gasteiger partial charge in [-0.25, -0.2) is 0 Å². The molecule has 0 bridgehead atoms. The first-order valence-electron chi connectivity index (χ1n) is 6.88. The summed E-state index contributed by atoms with van der Waals surface area (Å²) in [5, 5.41) is 0. The van der Waals surface area contributed by atoms with E-state index in [1.807, 2.05) is 0 Å². The van der Waals surface area contributed by atoms with Crippen molar-refractivity contribution in [2.24, 2.45) is 23.5 Å². The maximum Gasteiger partial charge on any atom is 0.306 e. The van der Waals surface area contributed by atoms with E-state index in [-0.39, 0.29) is 24.9 Å². The van der Waals surface area contributed by atoms with Gasteiger partial charge in [-0.1, -0.05) is 27.2 Å². The quantitative estimate of drug-likeness (QED) is 0.766. The van der Waals surface area contributed by atoms with Gasteiger partial charge in [0.05, 0.1) is 6.42 Å². The lowest BCUT2D eigenvalue weighted by atomic mass is 9.75. The zero-order valence-corrected chi connectivity index (χ0v) is 11.6. The Hall–Kier alpha value is -1.06. The molecular formula is C14H25NO3. The number of amides is 1. The zero-order valence-electron chi connectivity index (χ0n) is 11.6.